The highest BCUT2D eigenvalue weighted by Crippen LogP contribution is 2.27. The van der Waals surface area contributed by atoms with Gasteiger partial charge in [-0.25, -0.2) is 0 Å². The minimum absolute atomic E-state index is 0.187. The van der Waals surface area contributed by atoms with E-state index in [4.69, 9.17) is 4.74 Å². The third-order valence-electron chi connectivity index (χ3n) is 2.90. The van der Waals surface area contributed by atoms with Crippen LogP contribution in [0.1, 0.15) is 36.7 Å². The fourth-order valence-electron chi connectivity index (χ4n) is 1.83. The second-order valence-electron chi connectivity index (χ2n) is 5.45. The van der Waals surface area contributed by atoms with Gasteiger partial charge in [-0.3, -0.25) is 10.1 Å². The molecule has 0 aliphatic heterocycles. The first kappa shape index (κ1) is 17.7. The molecule has 0 unspecified atom stereocenters. The SMILES string of the molecule is CCOc1ccc(C(=O)Nc2nnc(SCC(C)C)s2)cc1C. The van der Waals surface area contributed by atoms with Crippen LogP contribution in [0.2, 0.25) is 0 Å². The van der Waals surface area contributed by atoms with E-state index in [1.54, 1.807) is 17.8 Å². The molecular weight excluding hydrogens is 330 g/mol. The largest absolute Gasteiger partial charge is 0.494 e. The summed E-state index contributed by atoms with van der Waals surface area (Å²) in [5, 5.41) is 11.4. The molecular formula is C16H21N3O2S2. The number of amides is 1. The molecule has 0 saturated carbocycles. The number of anilines is 1. The zero-order valence-electron chi connectivity index (χ0n) is 13.8. The average molecular weight is 351 g/mol. The van der Waals surface area contributed by atoms with Gasteiger partial charge in [0.1, 0.15) is 5.75 Å². The monoisotopic (exact) mass is 351 g/mol. The average Bonchev–Trinajstić information content (AvgIpc) is 2.95. The van der Waals surface area contributed by atoms with Crippen molar-refractivity contribution in [3.8, 4) is 5.75 Å². The van der Waals surface area contributed by atoms with Gasteiger partial charge in [0.25, 0.3) is 5.91 Å². The van der Waals surface area contributed by atoms with Crippen molar-refractivity contribution in [2.24, 2.45) is 5.92 Å². The first-order valence-corrected chi connectivity index (χ1v) is 9.31. The van der Waals surface area contributed by atoms with Crippen LogP contribution >= 0.6 is 23.1 Å². The number of nitrogens with one attached hydrogen (secondary N) is 1. The number of carbonyl (C=O) groups excluding carboxylic acids is 1. The molecule has 0 spiro atoms. The van der Waals surface area contributed by atoms with E-state index in [9.17, 15) is 4.79 Å². The van der Waals surface area contributed by atoms with Crippen LogP contribution in [-0.2, 0) is 0 Å². The van der Waals surface area contributed by atoms with Gasteiger partial charge in [-0.05, 0) is 43.5 Å². The Bertz CT molecular complexity index is 671. The van der Waals surface area contributed by atoms with Crippen molar-refractivity contribution in [1.82, 2.24) is 10.2 Å². The van der Waals surface area contributed by atoms with E-state index in [1.807, 2.05) is 26.0 Å². The second kappa shape index (κ2) is 8.31. The molecule has 0 bridgehead atoms. The Morgan fingerprint density at radius 1 is 1.39 bits per heavy atom. The van der Waals surface area contributed by atoms with Crippen molar-refractivity contribution in [3.05, 3.63) is 29.3 Å². The summed E-state index contributed by atoms with van der Waals surface area (Å²) in [5.74, 6) is 2.19. The maximum Gasteiger partial charge on any atom is 0.257 e. The van der Waals surface area contributed by atoms with Crippen molar-refractivity contribution in [2.45, 2.75) is 32.0 Å². The lowest BCUT2D eigenvalue weighted by Crippen LogP contribution is -2.12. The third kappa shape index (κ3) is 5.21. The number of thioether (sulfide) groups is 1. The second-order valence-corrected chi connectivity index (χ2v) is 7.69. The Morgan fingerprint density at radius 2 is 2.17 bits per heavy atom. The highest BCUT2D eigenvalue weighted by Gasteiger charge is 2.12. The Morgan fingerprint density at radius 3 is 2.83 bits per heavy atom. The van der Waals surface area contributed by atoms with Crippen molar-refractivity contribution in [2.75, 3.05) is 17.7 Å². The predicted molar refractivity (Wildman–Crippen MR) is 95.8 cm³/mol. The summed E-state index contributed by atoms with van der Waals surface area (Å²) in [6.45, 7) is 8.78. The molecule has 0 saturated heterocycles. The van der Waals surface area contributed by atoms with E-state index in [0.29, 0.717) is 23.2 Å². The van der Waals surface area contributed by atoms with E-state index in [-0.39, 0.29) is 5.91 Å². The summed E-state index contributed by atoms with van der Waals surface area (Å²) >= 11 is 3.06. The standard InChI is InChI=1S/C16H21N3O2S2/c1-5-21-13-7-6-12(8-11(13)4)14(20)17-15-18-19-16(23-15)22-9-10(2)3/h6-8,10H,5,9H2,1-4H3,(H,17,18,20). The quantitative estimate of drug-likeness (QED) is 0.597. The lowest BCUT2D eigenvalue weighted by atomic mass is 10.1. The number of hydrogen-bond donors (Lipinski definition) is 1. The van der Waals surface area contributed by atoms with Crippen LogP contribution < -0.4 is 10.1 Å². The molecule has 1 N–H and O–H groups in total. The maximum atomic E-state index is 12.3. The van der Waals surface area contributed by atoms with Gasteiger partial charge in [-0.1, -0.05) is 36.9 Å². The predicted octanol–water partition coefficient (Wildman–Crippen LogP) is 4.25. The van der Waals surface area contributed by atoms with E-state index >= 15 is 0 Å². The minimum atomic E-state index is -0.187. The molecule has 0 atom stereocenters. The summed E-state index contributed by atoms with van der Waals surface area (Å²) in [7, 11) is 0. The Labute approximate surface area is 144 Å². The third-order valence-corrected chi connectivity index (χ3v) is 5.30. The molecule has 0 aliphatic carbocycles. The van der Waals surface area contributed by atoms with E-state index in [1.165, 1.54) is 11.3 Å². The van der Waals surface area contributed by atoms with E-state index < -0.39 is 0 Å². The van der Waals surface area contributed by atoms with Crippen molar-refractivity contribution < 1.29 is 9.53 Å². The first-order valence-electron chi connectivity index (χ1n) is 7.50. The van der Waals surface area contributed by atoms with Gasteiger partial charge in [0, 0.05) is 11.3 Å². The molecule has 1 heterocycles. The van der Waals surface area contributed by atoms with Crippen LogP contribution in [0, 0.1) is 12.8 Å². The van der Waals surface area contributed by atoms with Gasteiger partial charge in [0.05, 0.1) is 6.61 Å². The van der Waals surface area contributed by atoms with Crippen LogP contribution in [0.5, 0.6) is 5.75 Å². The van der Waals surface area contributed by atoms with Gasteiger partial charge in [-0.2, -0.15) is 0 Å². The molecule has 1 aromatic heterocycles. The van der Waals surface area contributed by atoms with E-state index in [2.05, 4.69) is 29.4 Å². The van der Waals surface area contributed by atoms with Crippen LogP contribution in [-0.4, -0.2) is 28.5 Å². The molecule has 7 heteroatoms. The summed E-state index contributed by atoms with van der Waals surface area (Å²) in [6.07, 6.45) is 0. The molecule has 2 rings (SSSR count). The topological polar surface area (TPSA) is 64.1 Å². The highest BCUT2D eigenvalue weighted by molar-refractivity contribution is 8.01. The zero-order valence-corrected chi connectivity index (χ0v) is 15.4. The van der Waals surface area contributed by atoms with Crippen LogP contribution in [0.15, 0.2) is 22.5 Å². The zero-order chi connectivity index (χ0) is 16.8. The fraction of sp³-hybridized carbons (Fsp3) is 0.438. The molecule has 1 aromatic carbocycles. The molecule has 124 valence electrons. The number of ether oxygens (including phenoxy) is 1. The Hall–Kier alpha value is -1.60. The van der Waals surface area contributed by atoms with Crippen LogP contribution in [0.3, 0.4) is 0 Å². The van der Waals surface area contributed by atoms with Crippen LogP contribution in [0.25, 0.3) is 0 Å². The molecule has 0 aliphatic rings. The lowest BCUT2D eigenvalue weighted by Gasteiger charge is -2.08. The van der Waals surface area contributed by atoms with E-state index in [0.717, 1.165) is 21.4 Å². The Kier molecular flexibility index (Phi) is 6.41. The van der Waals surface area contributed by atoms with Gasteiger partial charge in [0.2, 0.25) is 5.13 Å². The minimum Gasteiger partial charge on any atom is -0.494 e. The van der Waals surface area contributed by atoms with Crippen molar-refractivity contribution >= 4 is 34.1 Å². The molecule has 5 nitrogen and oxygen atoms in total. The molecule has 0 radical (unpaired) electrons. The Balaban J connectivity index is 2.00. The highest BCUT2D eigenvalue weighted by atomic mass is 32.2. The van der Waals surface area contributed by atoms with Gasteiger partial charge in [0.15, 0.2) is 4.34 Å². The van der Waals surface area contributed by atoms with Crippen molar-refractivity contribution in [1.29, 1.82) is 0 Å². The summed E-state index contributed by atoms with van der Waals surface area (Å²) in [6, 6.07) is 5.39. The van der Waals surface area contributed by atoms with Crippen LogP contribution in [0.4, 0.5) is 5.13 Å². The van der Waals surface area contributed by atoms with Gasteiger partial charge in [-0.15, -0.1) is 10.2 Å². The number of aryl methyl sites for hydroxylation is 1. The summed E-state index contributed by atoms with van der Waals surface area (Å²) in [5.41, 5.74) is 1.52. The van der Waals surface area contributed by atoms with Crippen molar-refractivity contribution in [3.63, 3.8) is 0 Å². The number of nitrogens with zero attached hydrogens (tertiary/aromatic N) is 2. The summed E-state index contributed by atoms with van der Waals surface area (Å²) in [4.78, 5) is 12.3. The number of hydrogen-bond acceptors (Lipinski definition) is 6. The summed E-state index contributed by atoms with van der Waals surface area (Å²) < 4.78 is 6.36. The number of carbonyl (C=O) groups is 1. The smallest absolute Gasteiger partial charge is 0.257 e. The lowest BCUT2D eigenvalue weighted by molar-refractivity contribution is 0.102. The molecule has 1 amide bonds. The number of benzene rings is 1. The molecule has 0 fully saturated rings. The molecule has 23 heavy (non-hydrogen) atoms. The van der Waals surface area contributed by atoms with Gasteiger partial charge < -0.3 is 4.74 Å². The number of rotatable bonds is 7. The maximum absolute atomic E-state index is 12.3. The normalized spacial score (nSPS) is 10.8. The number of aromatic nitrogens is 2. The fourth-order valence-corrected chi connectivity index (χ4v) is 3.56. The molecule has 2 aromatic rings. The van der Waals surface area contributed by atoms with Gasteiger partial charge >= 0.3 is 0 Å². The first-order chi connectivity index (χ1) is 11.0.